The molecule has 0 bridgehead atoms. The van der Waals surface area contributed by atoms with Crippen molar-refractivity contribution in [2.45, 2.75) is 0 Å². The Hall–Kier alpha value is -0.0417. The van der Waals surface area contributed by atoms with E-state index in [9.17, 15) is 0 Å². The van der Waals surface area contributed by atoms with Crippen LogP contribution in [0, 0.1) is 0 Å². The van der Waals surface area contributed by atoms with Crippen LogP contribution < -0.4 is 0 Å². The normalized spacial score (nSPS) is 3.20. The first kappa shape index (κ1) is 8.88. The summed E-state index contributed by atoms with van der Waals surface area (Å²) in [7, 11) is 0. The number of hydrogen-bond donors (Lipinski definition) is 0. The van der Waals surface area contributed by atoms with Gasteiger partial charge in [-0.3, -0.25) is 6.79 Å². The second-order valence-electron chi connectivity index (χ2n) is 0.0680. The maximum absolute atomic E-state index is 8.50. The molecule has 0 unspecified atom stereocenters. The summed E-state index contributed by atoms with van der Waals surface area (Å²) in [5.41, 5.74) is 0. The molecule has 0 saturated carbocycles. The van der Waals surface area contributed by atoms with Gasteiger partial charge in [0.15, 0.2) is 0 Å². The average molecular weight is 157 g/mol. The average Bonchev–Trinajstić information content (AvgIpc) is 1.46. The SMILES string of the molecule is [CH-]=O.[O]=[Mo]=[O]. The van der Waals surface area contributed by atoms with Crippen LogP contribution in [-0.2, 0) is 30.1 Å². The van der Waals surface area contributed by atoms with Crippen molar-refractivity contribution in [3.63, 3.8) is 0 Å². The number of hydrogen-bond acceptors (Lipinski definition) is 3. The molecule has 0 aliphatic carbocycles. The number of rotatable bonds is 0. The molecule has 0 aliphatic rings. The molecule has 0 heterocycles. The standard InChI is InChI=1S/CHO.Mo.2O/c1-2;;;/h1H;;;/q-1;;;. The molecular formula is CHMoO3-. The fourth-order valence-corrected chi connectivity index (χ4v) is 0. The first-order valence-electron chi connectivity index (χ1n) is 0.569. The third-order valence-corrected chi connectivity index (χ3v) is 0. The van der Waals surface area contributed by atoms with Crippen LogP contribution in [-0.4, -0.2) is 6.79 Å². The van der Waals surface area contributed by atoms with Crippen molar-refractivity contribution in [3.05, 3.63) is 0 Å². The van der Waals surface area contributed by atoms with Crippen molar-refractivity contribution in [1.29, 1.82) is 0 Å². The van der Waals surface area contributed by atoms with E-state index in [4.69, 9.17) is 11.6 Å². The van der Waals surface area contributed by atoms with E-state index < -0.39 is 18.5 Å². The van der Waals surface area contributed by atoms with E-state index in [0.29, 0.717) is 0 Å². The number of carbonyl (C=O) groups excluding carboxylic acids is 1. The Labute approximate surface area is 37.5 Å². The van der Waals surface area contributed by atoms with Crippen LogP contribution >= 0.6 is 0 Å². The summed E-state index contributed by atoms with van der Waals surface area (Å²) in [5.74, 6) is 0. The minimum atomic E-state index is -2.03. The molecular weight excluding hydrogens is 156 g/mol. The minimum absolute atomic E-state index is 2.03. The topological polar surface area (TPSA) is 51.2 Å². The van der Waals surface area contributed by atoms with Crippen molar-refractivity contribution in [2.75, 3.05) is 0 Å². The van der Waals surface area contributed by atoms with E-state index in [0.717, 1.165) is 0 Å². The molecule has 0 N–H and O–H groups in total. The second kappa shape index (κ2) is 37.7. The van der Waals surface area contributed by atoms with Gasteiger partial charge < -0.3 is 4.79 Å². The van der Waals surface area contributed by atoms with Crippen molar-refractivity contribution in [2.24, 2.45) is 0 Å². The van der Waals surface area contributed by atoms with Crippen LogP contribution in [0.5, 0.6) is 0 Å². The molecule has 0 aromatic carbocycles. The van der Waals surface area contributed by atoms with E-state index in [2.05, 4.69) is 6.79 Å². The third-order valence-electron chi connectivity index (χ3n) is 0. The summed E-state index contributed by atoms with van der Waals surface area (Å²) in [4.78, 5) is 7.75. The molecule has 4 heteroatoms. The van der Waals surface area contributed by atoms with Crippen LogP contribution in [0.4, 0.5) is 0 Å². The van der Waals surface area contributed by atoms with Gasteiger partial charge in [-0.15, -0.1) is 0 Å². The van der Waals surface area contributed by atoms with Gasteiger partial charge in [-0.1, -0.05) is 0 Å². The van der Waals surface area contributed by atoms with Gasteiger partial charge in [0.25, 0.3) is 0 Å². The fraction of sp³-hybridized carbons (Fsp3) is 0. The van der Waals surface area contributed by atoms with Gasteiger partial charge in [-0.2, -0.15) is 0 Å². The predicted octanol–water partition coefficient (Wildman–Crippen LogP) is -0.514. The first-order chi connectivity index (χ1) is 2.41. The molecule has 0 amide bonds. The van der Waals surface area contributed by atoms with Gasteiger partial charge in [0.1, 0.15) is 0 Å². The Balaban J connectivity index is 0. The predicted molar refractivity (Wildman–Crippen MR) is 8.12 cm³/mol. The molecule has 0 aromatic heterocycles. The van der Waals surface area contributed by atoms with Gasteiger partial charge in [0.05, 0.1) is 0 Å². The molecule has 0 aromatic rings. The van der Waals surface area contributed by atoms with Crippen LogP contribution in [0.2, 0.25) is 0 Å². The van der Waals surface area contributed by atoms with Gasteiger partial charge in [-0.25, -0.2) is 0 Å². The molecule has 0 aliphatic heterocycles. The van der Waals surface area contributed by atoms with Crippen molar-refractivity contribution in [3.8, 4) is 0 Å². The summed E-state index contributed by atoms with van der Waals surface area (Å²) in [5, 5.41) is 0. The molecule has 3 nitrogen and oxygen atoms in total. The fourth-order valence-electron chi connectivity index (χ4n) is 0. The Bertz CT molecular complexity index is 36.2. The summed E-state index contributed by atoms with van der Waals surface area (Å²) in [6, 6.07) is 0. The van der Waals surface area contributed by atoms with E-state index in [1.165, 1.54) is 0 Å². The summed E-state index contributed by atoms with van der Waals surface area (Å²) in [6.45, 7) is 3.25. The monoisotopic (exact) mass is 159 g/mol. The Morgan fingerprint density at radius 2 is 1.20 bits per heavy atom. The maximum atomic E-state index is 8.50. The Morgan fingerprint density at radius 1 is 1.20 bits per heavy atom. The van der Waals surface area contributed by atoms with Crippen LogP contribution in [0.1, 0.15) is 0 Å². The van der Waals surface area contributed by atoms with Gasteiger partial charge in [-0.05, 0) is 0 Å². The van der Waals surface area contributed by atoms with Crippen molar-refractivity contribution >= 4 is 6.79 Å². The summed E-state index contributed by atoms with van der Waals surface area (Å²) < 4.78 is 17.0. The third kappa shape index (κ3) is 8730. The molecule has 0 radical (unpaired) electrons. The quantitative estimate of drug-likeness (QED) is 0.270. The Morgan fingerprint density at radius 3 is 1.20 bits per heavy atom. The molecule has 0 spiro atoms. The van der Waals surface area contributed by atoms with Crippen LogP contribution in [0.25, 0.3) is 0 Å². The molecule has 30 valence electrons. The molecule has 0 fully saturated rings. The van der Waals surface area contributed by atoms with Crippen molar-refractivity contribution in [1.82, 2.24) is 0 Å². The molecule has 0 saturated heterocycles. The molecule has 0 atom stereocenters. The van der Waals surface area contributed by atoms with Crippen LogP contribution in [0.3, 0.4) is 0 Å². The van der Waals surface area contributed by atoms with Crippen molar-refractivity contribution < 1.29 is 30.1 Å². The van der Waals surface area contributed by atoms with Crippen LogP contribution in [0.15, 0.2) is 0 Å². The molecule has 5 heavy (non-hydrogen) atoms. The van der Waals surface area contributed by atoms with Gasteiger partial charge in [0.2, 0.25) is 0 Å². The zero-order chi connectivity index (χ0) is 4.71. The Kier molecular flexibility index (Phi) is 67.0. The second-order valence-corrected chi connectivity index (χ2v) is 0.403. The van der Waals surface area contributed by atoms with E-state index in [1.807, 2.05) is 0 Å². The van der Waals surface area contributed by atoms with Gasteiger partial charge in [0, 0.05) is 0 Å². The van der Waals surface area contributed by atoms with E-state index >= 15 is 0 Å². The molecule has 0 rings (SSSR count). The summed E-state index contributed by atoms with van der Waals surface area (Å²) >= 11 is -2.03. The summed E-state index contributed by atoms with van der Waals surface area (Å²) in [6.07, 6.45) is 0. The van der Waals surface area contributed by atoms with E-state index in [1.54, 1.807) is 0 Å². The zero-order valence-electron chi connectivity index (χ0n) is 2.21. The zero-order valence-corrected chi connectivity index (χ0v) is 4.22. The van der Waals surface area contributed by atoms with Gasteiger partial charge >= 0.3 is 25.3 Å². The first-order valence-corrected chi connectivity index (χ1v) is 2.21. The van der Waals surface area contributed by atoms with E-state index in [-0.39, 0.29) is 0 Å².